The van der Waals surface area contributed by atoms with Crippen LogP contribution in [0.4, 0.5) is 0 Å². The number of fused-ring (bicyclic) bond motifs is 6. The molecule has 0 aliphatic rings. The summed E-state index contributed by atoms with van der Waals surface area (Å²) < 4.78 is 7.34. The molecule has 0 amide bonds. The number of furan rings is 1. The van der Waals surface area contributed by atoms with Crippen LogP contribution >= 0.6 is 11.3 Å². The molecule has 9 rings (SSSR count). The molecule has 6 aromatic carbocycles. The van der Waals surface area contributed by atoms with Crippen LogP contribution in [0.2, 0.25) is 0 Å². The Labute approximate surface area is 256 Å². The molecule has 0 N–H and O–H groups in total. The van der Waals surface area contributed by atoms with Crippen LogP contribution in [0, 0.1) is 0 Å². The van der Waals surface area contributed by atoms with Gasteiger partial charge in [-0.2, -0.15) is 0 Å². The summed E-state index contributed by atoms with van der Waals surface area (Å²) in [6.45, 7) is 0. The number of nitrogens with zero attached hydrogens (tertiary/aromatic N) is 4. The van der Waals surface area contributed by atoms with Crippen molar-refractivity contribution in [1.29, 1.82) is 0 Å². The molecule has 9 aromatic rings. The molecule has 206 valence electrons. The number of hydrogen-bond donors (Lipinski definition) is 0. The van der Waals surface area contributed by atoms with E-state index in [4.69, 9.17) is 24.4 Å². The van der Waals surface area contributed by atoms with E-state index in [-0.39, 0.29) is 0 Å². The summed E-state index contributed by atoms with van der Waals surface area (Å²) in [5.41, 5.74) is 6.51. The quantitative estimate of drug-likeness (QED) is 0.207. The maximum atomic E-state index is 6.19. The van der Waals surface area contributed by atoms with Gasteiger partial charge in [0.2, 0.25) is 0 Å². The fraction of sp³-hybridized carbons (Fsp3) is 0. The van der Waals surface area contributed by atoms with E-state index in [9.17, 15) is 0 Å². The molecule has 0 spiro atoms. The fourth-order valence-corrected chi connectivity index (χ4v) is 6.95. The summed E-state index contributed by atoms with van der Waals surface area (Å²) in [5.74, 6) is 1.84. The van der Waals surface area contributed by atoms with Crippen LogP contribution in [0.15, 0.2) is 138 Å². The van der Waals surface area contributed by atoms with Gasteiger partial charge in [0.05, 0.1) is 10.2 Å². The van der Waals surface area contributed by atoms with Gasteiger partial charge in [-0.25, -0.2) is 19.9 Å². The van der Waals surface area contributed by atoms with Gasteiger partial charge in [0.25, 0.3) is 0 Å². The van der Waals surface area contributed by atoms with Gasteiger partial charge in [-0.1, -0.05) is 109 Å². The van der Waals surface area contributed by atoms with Crippen molar-refractivity contribution in [1.82, 2.24) is 19.9 Å². The van der Waals surface area contributed by atoms with Crippen LogP contribution in [0.5, 0.6) is 0 Å². The van der Waals surface area contributed by atoms with Crippen molar-refractivity contribution < 1.29 is 4.42 Å². The van der Waals surface area contributed by atoms with Gasteiger partial charge in [-0.05, 0) is 29.7 Å². The van der Waals surface area contributed by atoms with Gasteiger partial charge in [-0.3, -0.25) is 0 Å². The SMILES string of the molecule is c1ccc(-c2nc(-c3ccc4ccc5nc(-c6ccccc6)sc5c4c3)nc(-c3cccc4oc5ccccc5c34)n2)cc1. The zero-order chi connectivity index (χ0) is 29.0. The highest BCUT2D eigenvalue weighted by Crippen LogP contribution is 2.38. The van der Waals surface area contributed by atoms with Gasteiger partial charge in [0.1, 0.15) is 16.2 Å². The molecule has 0 fully saturated rings. The molecule has 44 heavy (non-hydrogen) atoms. The van der Waals surface area contributed by atoms with E-state index in [2.05, 4.69) is 54.6 Å². The molecule has 3 aromatic heterocycles. The number of aromatic nitrogens is 4. The lowest BCUT2D eigenvalue weighted by atomic mass is 10.0. The summed E-state index contributed by atoms with van der Waals surface area (Å²) in [5, 5.41) is 5.32. The van der Waals surface area contributed by atoms with Crippen molar-refractivity contribution in [2.45, 2.75) is 0 Å². The second-order valence-corrected chi connectivity index (χ2v) is 11.7. The Hall–Kier alpha value is -5.72. The molecule has 0 aliphatic carbocycles. The summed E-state index contributed by atoms with van der Waals surface area (Å²) in [6, 6.07) is 45.2. The smallest absolute Gasteiger partial charge is 0.164 e. The zero-order valence-corrected chi connectivity index (χ0v) is 24.1. The number of rotatable bonds is 4. The predicted octanol–water partition coefficient (Wildman–Crippen LogP) is 10.2. The Kier molecular flexibility index (Phi) is 5.61. The average Bonchev–Trinajstić information content (AvgIpc) is 3.71. The van der Waals surface area contributed by atoms with Crippen LogP contribution in [0.25, 0.3) is 87.7 Å². The molecule has 0 atom stereocenters. The summed E-state index contributed by atoms with van der Waals surface area (Å²) in [6.07, 6.45) is 0. The third kappa shape index (κ3) is 4.07. The van der Waals surface area contributed by atoms with E-state index in [0.717, 1.165) is 70.2 Å². The summed E-state index contributed by atoms with van der Waals surface area (Å²) >= 11 is 1.71. The number of hydrogen-bond acceptors (Lipinski definition) is 6. The monoisotopic (exact) mass is 582 g/mol. The molecule has 0 saturated heterocycles. The van der Waals surface area contributed by atoms with E-state index in [1.807, 2.05) is 78.9 Å². The molecule has 0 unspecified atom stereocenters. The summed E-state index contributed by atoms with van der Waals surface area (Å²) in [4.78, 5) is 20.1. The van der Waals surface area contributed by atoms with Crippen LogP contribution < -0.4 is 0 Å². The maximum absolute atomic E-state index is 6.19. The van der Waals surface area contributed by atoms with Crippen molar-refractivity contribution in [2.24, 2.45) is 0 Å². The van der Waals surface area contributed by atoms with E-state index in [1.54, 1.807) is 11.3 Å². The van der Waals surface area contributed by atoms with Gasteiger partial charge in [-0.15, -0.1) is 11.3 Å². The van der Waals surface area contributed by atoms with Gasteiger partial charge in [0, 0.05) is 38.4 Å². The molecule has 0 bridgehead atoms. The first-order valence-electron chi connectivity index (χ1n) is 14.4. The lowest BCUT2D eigenvalue weighted by Crippen LogP contribution is -2.00. The van der Waals surface area contributed by atoms with E-state index in [0.29, 0.717) is 17.5 Å². The molecule has 0 radical (unpaired) electrons. The highest BCUT2D eigenvalue weighted by Gasteiger charge is 2.18. The van der Waals surface area contributed by atoms with Crippen molar-refractivity contribution >= 4 is 54.3 Å². The second-order valence-electron chi connectivity index (χ2n) is 10.7. The first-order chi connectivity index (χ1) is 21.8. The van der Waals surface area contributed by atoms with Gasteiger partial charge in [0.15, 0.2) is 17.5 Å². The Bertz CT molecular complexity index is 2500. The number of thiazole rings is 1. The highest BCUT2D eigenvalue weighted by molar-refractivity contribution is 7.22. The minimum atomic E-state index is 0.605. The van der Waals surface area contributed by atoms with Crippen LogP contribution in [-0.2, 0) is 0 Å². The van der Waals surface area contributed by atoms with E-state index >= 15 is 0 Å². The minimum Gasteiger partial charge on any atom is -0.456 e. The van der Waals surface area contributed by atoms with Crippen molar-refractivity contribution in [3.05, 3.63) is 133 Å². The normalized spacial score (nSPS) is 11.6. The van der Waals surface area contributed by atoms with Crippen molar-refractivity contribution in [3.63, 3.8) is 0 Å². The fourth-order valence-electron chi connectivity index (χ4n) is 5.85. The van der Waals surface area contributed by atoms with Crippen LogP contribution in [-0.4, -0.2) is 19.9 Å². The second kappa shape index (κ2) is 9.93. The topological polar surface area (TPSA) is 64.7 Å². The lowest BCUT2D eigenvalue weighted by Gasteiger charge is -2.10. The van der Waals surface area contributed by atoms with Crippen molar-refractivity contribution in [2.75, 3.05) is 0 Å². The molecular weight excluding hydrogens is 561 g/mol. The van der Waals surface area contributed by atoms with Crippen molar-refractivity contribution in [3.8, 4) is 44.7 Å². The standard InChI is InChI=1S/C38H22N4OS/c1-3-10-24(11-4-1)35-40-36(42-37(41-35)28-15-9-17-32-33(28)27-14-7-8-16-31(27)43-32)26-19-18-23-20-21-30-34(29(23)22-26)44-38(39-30)25-12-5-2-6-13-25/h1-22H. The Morgan fingerprint density at radius 1 is 0.477 bits per heavy atom. The van der Waals surface area contributed by atoms with Crippen LogP contribution in [0.1, 0.15) is 0 Å². The molecule has 3 heterocycles. The average molecular weight is 583 g/mol. The largest absolute Gasteiger partial charge is 0.456 e. The first kappa shape index (κ1) is 24.8. The molecular formula is C38H22N4OS. The summed E-state index contributed by atoms with van der Waals surface area (Å²) in [7, 11) is 0. The Balaban J connectivity index is 1.27. The molecule has 5 nitrogen and oxygen atoms in total. The van der Waals surface area contributed by atoms with Gasteiger partial charge < -0.3 is 4.42 Å². The lowest BCUT2D eigenvalue weighted by molar-refractivity contribution is 0.669. The minimum absolute atomic E-state index is 0.605. The van der Waals surface area contributed by atoms with Crippen LogP contribution in [0.3, 0.4) is 0 Å². The first-order valence-corrected chi connectivity index (χ1v) is 15.2. The molecule has 6 heteroatoms. The maximum Gasteiger partial charge on any atom is 0.164 e. The van der Waals surface area contributed by atoms with E-state index < -0.39 is 0 Å². The third-order valence-electron chi connectivity index (χ3n) is 7.96. The Morgan fingerprint density at radius 2 is 1.16 bits per heavy atom. The van der Waals surface area contributed by atoms with E-state index in [1.165, 1.54) is 0 Å². The zero-order valence-electron chi connectivity index (χ0n) is 23.3. The third-order valence-corrected chi connectivity index (χ3v) is 9.12. The number of benzene rings is 6. The molecule has 0 aliphatic heterocycles. The predicted molar refractivity (Wildman–Crippen MR) is 180 cm³/mol. The van der Waals surface area contributed by atoms with Gasteiger partial charge >= 0.3 is 0 Å². The highest BCUT2D eigenvalue weighted by atomic mass is 32.1. The number of para-hydroxylation sites is 1. The molecule has 0 saturated carbocycles. The Morgan fingerprint density at radius 3 is 2.00 bits per heavy atom.